The van der Waals surface area contributed by atoms with Gasteiger partial charge in [0.25, 0.3) is 0 Å². The third kappa shape index (κ3) is 4.82. The molecule has 1 aliphatic heterocycles. The van der Waals surface area contributed by atoms with Gasteiger partial charge in [-0.15, -0.1) is 0 Å². The van der Waals surface area contributed by atoms with Crippen LogP contribution >= 0.6 is 0 Å². The number of aliphatic hydroxyl groups excluding tert-OH is 2. The molecule has 0 bridgehead atoms. The van der Waals surface area contributed by atoms with E-state index in [0.717, 1.165) is 12.1 Å². The average Bonchev–Trinajstić information content (AvgIpc) is 3.04. The summed E-state index contributed by atoms with van der Waals surface area (Å²) in [5, 5.41) is 19.9. The molecular formula is C24H22F3N3O4. The van der Waals surface area contributed by atoms with Gasteiger partial charge in [-0.05, 0) is 55.0 Å². The van der Waals surface area contributed by atoms with E-state index in [-0.39, 0.29) is 5.69 Å². The van der Waals surface area contributed by atoms with E-state index in [2.05, 4.69) is 4.98 Å². The van der Waals surface area contributed by atoms with Crippen molar-refractivity contribution in [1.82, 2.24) is 4.98 Å². The number of pyridine rings is 1. The normalized spacial score (nSPS) is 15.6. The maximum atomic E-state index is 12.9. The number of aromatic nitrogens is 1. The molecule has 1 aliphatic rings. The van der Waals surface area contributed by atoms with Crippen LogP contribution in [0.5, 0.6) is 5.75 Å². The zero-order valence-corrected chi connectivity index (χ0v) is 17.9. The first kappa shape index (κ1) is 23.5. The fraction of sp³-hybridized carbons (Fsp3) is 0.250. The monoisotopic (exact) mass is 473 g/mol. The Kier molecular flexibility index (Phi) is 6.45. The lowest BCUT2D eigenvalue weighted by Crippen LogP contribution is -2.34. The van der Waals surface area contributed by atoms with Crippen molar-refractivity contribution < 1.29 is 32.9 Å². The number of hydrogen-bond acceptors (Lipinski definition) is 6. The molecule has 4 rings (SSSR count). The second-order valence-electron chi connectivity index (χ2n) is 7.82. The summed E-state index contributed by atoms with van der Waals surface area (Å²) < 4.78 is 44.7. The molecule has 0 spiro atoms. The van der Waals surface area contributed by atoms with Crippen LogP contribution in [0.3, 0.4) is 0 Å². The van der Waals surface area contributed by atoms with Crippen molar-refractivity contribution in [1.29, 1.82) is 0 Å². The largest absolute Gasteiger partial charge is 0.491 e. The highest BCUT2D eigenvalue weighted by Crippen LogP contribution is 2.39. The highest BCUT2D eigenvalue weighted by Gasteiger charge is 2.30. The van der Waals surface area contributed by atoms with Crippen LogP contribution in [0.15, 0.2) is 60.7 Å². The summed E-state index contributed by atoms with van der Waals surface area (Å²) in [7, 11) is 0. The van der Waals surface area contributed by atoms with E-state index >= 15 is 0 Å². The van der Waals surface area contributed by atoms with E-state index in [0.29, 0.717) is 48.0 Å². The van der Waals surface area contributed by atoms with Gasteiger partial charge in [-0.25, -0.2) is 4.98 Å². The molecule has 4 N–H and O–H groups in total. The van der Waals surface area contributed by atoms with Crippen molar-refractivity contribution in [3.63, 3.8) is 0 Å². The molecule has 3 aromatic rings. The maximum Gasteiger partial charge on any atom is 0.416 e. The van der Waals surface area contributed by atoms with Gasteiger partial charge in [0.05, 0.1) is 29.2 Å². The maximum absolute atomic E-state index is 12.9. The number of fused-ring (bicyclic) bond motifs is 1. The van der Waals surface area contributed by atoms with E-state index in [4.69, 9.17) is 10.5 Å². The highest BCUT2D eigenvalue weighted by atomic mass is 19.4. The van der Waals surface area contributed by atoms with Crippen LogP contribution in [0.4, 0.5) is 24.5 Å². The summed E-state index contributed by atoms with van der Waals surface area (Å²) in [5.41, 5.74) is 6.83. The van der Waals surface area contributed by atoms with Gasteiger partial charge < -0.3 is 25.6 Å². The van der Waals surface area contributed by atoms with Crippen molar-refractivity contribution in [2.45, 2.75) is 24.8 Å². The lowest BCUT2D eigenvalue weighted by molar-refractivity contribution is -0.137. The summed E-state index contributed by atoms with van der Waals surface area (Å²) in [4.78, 5) is 17.4. The first-order valence-electron chi connectivity index (χ1n) is 10.5. The molecule has 0 aliphatic carbocycles. The Morgan fingerprint density at radius 3 is 2.50 bits per heavy atom. The quantitative estimate of drug-likeness (QED) is 0.523. The number of anilines is 2. The molecule has 2 atom stereocenters. The number of amides is 1. The Morgan fingerprint density at radius 2 is 1.82 bits per heavy atom. The van der Waals surface area contributed by atoms with E-state index in [9.17, 15) is 28.2 Å². The van der Waals surface area contributed by atoms with Gasteiger partial charge in [0.2, 0.25) is 5.91 Å². The number of primary amides is 1. The highest BCUT2D eigenvalue weighted by molar-refractivity contribution is 5.79. The van der Waals surface area contributed by atoms with Gasteiger partial charge in [0.1, 0.15) is 11.9 Å². The van der Waals surface area contributed by atoms with Crippen LogP contribution in [0.25, 0.3) is 11.3 Å². The van der Waals surface area contributed by atoms with Crippen LogP contribution < -0.4 is 15.4 Å². The van der Waals surface area contributed by atoms with Crippen molar-refractivity contribution in [2.24, 2.45) is 5.73 Å². The summed E-state index contributed by atoms with van der Waals surface area (Å²) >= 11 is 0. The number of carbonyl (C=O) groups excluding carboxylic acids is 1. The number of rotatable bonds is 5. The lowest BCUT2D eigenvalue weighted by atomic mass is 10.1. The minimum atomic E-state index is -4.41. The van der Waals surface area contributed by atoms with Gasteiger partial charge in [-0.2, -0.15) is 13.2 Å². The Labute approximate surface area is 193 Å². The number of benzene rings is 2. The molecule has 1 amide bonds. The predicted octanol–water partition coefficient (Wildman–Crippen LogP) is 3.57. The molecule has 0 radical (unpaired) electrons. The number of nitrogens with zero attached hydrogens (tertiary/aromatic N) is 2. The number of aliphatic hydroxyl groups is 2. The molecule has 10 heteroatoms. The summed E-state index contributed by atoms with van der Waals surface area (Å²) in [6.45, 7) is 0.979. The minimum Gasteiger partial charge on any atom is -0.491 e. The molecule has 0 saturated carbocycles. The molecule has 34 heavy (non-hydrogen) atoms. The SMILES string of the molecule is NC(=O)[C@H](O)[C@@H](O)c1cccc(-c2ccc3c(c2)OCCCN3c2ccc(C(F)(F)F)cc2)n1. The molecule has 7 nitrogen and oxygen atoms in total. The molecule has 2 heterocycles. The fourth-order valence-electron chi connectivity index (χ4n) is 3.73. The van der Waals surface area contributed by atoms with Crippen molar-refractivity contribution in [3.8, 4) is 17.0 Å². The van der Waals surface area contributed by atoms with E-state index in [1.807, 2.05) is 4.90 Å². The number of halogens is 3. The number of nitrogens with two attached hydrogens (primary N) is 1. The smallest absolute Gasteiger partial charge is 0.416 e. The van der Waals surface area contributed by atoms with Gasteiger partial charge in [0.15, 0.2) is 6.10 Å². The predicted molar refractivity (Wildman–Crippen MR) is 118 cm³/mol. The van der Waals surface area contributed by atoms with E-state index < -0.39 is 29.9 Å². The summed E-state index contributed by atoms with van der Waals surface area (Å²) in [6.07, 6.45) is -7.12. The molecule has 2 aromatic carbocycles. The molecular weight excluding hydrogens is 451 g/mol. The molecule has 0 saturated heterocycles. The van der Waals surface area contributed by atoms with Crippen LogP contribution in [0.2, 0.25) is 0 Å². The number of alkyl halides is 3. The van der Waals surface area contributed by atoms with Gasteiger partial charge >= 0.3 is 6.18 Å². The zero-order valence-electron chi connectivity index (χ0n) is 17.9. The number of carbonyl (C=O) groups is 1. The molecule has 0 fully saturated rings. The minimum absolute atomic E-state index is 0.0750. The van der Waals surface area contributed by atoms with E-state index in [1.165, 1.54) is 18.2 Å². The Bertz CT molecular complexity index is 1180. The van der Waals surface area contributed by atoms with Gasteiger partial charge in [-0.3, -0.25) is 4.79 Å². The van der Waals surface area contributed by atoms with Crippen LogP contribution in [-0.4, -0.2) is 40.4 Å². The molecule has 0 unspecified atom stereocenters. The summed E-state index contributed by atoms with van der Waals surface area (Å²) in [5.74, 6) is -0.540. The van der Waals surface area contributed by atoms with Crippen molar-refractivity contribution >= 4 is 17.3 Å². The lowest BCUT2D eigenvalue weighted by Gasteiger charge is -2.24. The molecule has 1 aromatic heterocycles. The van der Waals surface area contributed by atoms with Crippen LogP contribution in [0, 0.1) is 0 Å². The third-order valence-corrected chi connectivity index (χ3v) is 5.50. The van der Waals surface area contributed by atoms with E-state index in [1.54, 1.807) is 30.3 Å². The van der Waals surface area contributed by atoms with Crippen molar-refractivity contribution in [3.05, 3.63) is 71.9 Å². The zero-order chi connectivity index (χ0) is 24.5. The van der Waals surface area contributed by atoms with Crippen LogP contribution in [0.1, 0.15) is 23.8 Å². The second-order valence-corrected chi connectivity index (χ2v) is 7.82. The third-order valence-electron chi connectivity index (χ3n) is 5.50. The van der Waals surface area contributed by atoms with Crippen LogP contribution in [-0.2, 0) is 11.0 Å². The Hall–Kier alpha value is -3.63. The summed E-state index contributed by atoms with van der Waals surface area (Å²) in [6, 6.07) is 15.1. The number of hydrogen-bond donors (Lipinski definition) is 3. The van der Waals surface area contributed by atoms with Crippen molar-refractivity contribution in [2.75, 3.05) is 18.1 Å². The average molecular weight is 473 g/mol. The van der Waals surface area contributed by atoms with Gasteiger partial charge in [0, 0.05) is 17.8 Å². The Balaban J connectivity index is 1.66. The molecule has 178 valence electrons. The second kappa shape index (κ2) is 9.32. The van der Waals surface area contributed by atoms with Gasteiger partial charge in [-0.1, -0.05) is 12.1 Å². The number of ether oxygens (including phenoxy) is 1. The standard InChI is InChI=1S/C24H22F3N3O4/c25-24(26,27)15-6-8-16(9-7-15)30-11-2-12-34-20-13-14(5-10-19(20)30)17-3-1-4-18(29-17)21(31)22(32)23(28)33/h1,3-10,13,21-22,31-32H,2,11-12H2,(H2,28,33)/t21-,22+/m0/s1. The first-order chi connectivity index (χ1) is 16.1. The first-order valence-corrected chi connectivity index (χ1v) is 10.5. The Morgan fingerprint density at radius 1 is 1.09 bits per heavy atom. The fourth-order valence-corrected chi connectivity index (χ4v) is 3.73. The topological polar surface area (TPSA) is 109 Å².